The highest BCUT2D eigenvalue weighted by atomic mass is 19.1. The predicted octanol–water partition coefficient (Wildman–Crippen LogP) is 3.74. The van der Waals surface area contributed by atoms with Gasteiger partial charge in [0.2, 0.25) is 11.8 Å². The molecule has 1 aliphatic heterocycles. The Balaban J connectivity index is 1.66. The molecular formula is C20H20F2N2O3. The van der Waals surface area contributed by atoms with Crippen LogP contribution in [0.1, 0.15) is 20.3 Å². The van der Waals surface area contributed by atoms with Crippen LogP contribution in [0.5, 0.6) is 5.75 Å². The first-order valence-corrected chi connectivity index (χ1v) is 8.66. The smallest absolute Gasteiger partial charge is 0.229 e. The van der Waals surface area contributed by atoms with Crippen LogP contribution in [0.25, 0.3) is 0 Å². The predicted molar refractivity (Wildman–Crippen MR) is 97.7 cm³/mol. The van der Waals surface area contributed by atoms with Gasteiger partial charge in [-0.05, 0) is 50.2 Å². The number of nitrogens with zero attached hydrogens (tertiary/aromatic N) is 1. The van der Waals surface area contributed by atoms with Crippen molar-refractivity contribution in [2.45, 2.75) is 26.4 Å². The molecule has 2 amide bonds. The van der Waals surface area contributed by atoms with Crippen molar-refractivity contribution in [3.8, 4) is 5.75 Å². The zero-order valence-electron chi connectivity index (χ0n) is 15.0. The Morgan fingerprint density at radius 3 is 2.52 bits per heavy atom. The van der Waals surface area contributed by atoms with Crippen LogP contribution in [0.4, 0.5) is 20.2 Å². The van der Waals surface area contributed by atoms with Crippen LogP contribution < -0.4 is 15.0 Å². The third-order valence-electron chi connectivity index (χ3n) is 4.21. The summed E-state index contributed by atoms with van der Waals surface area (Å²) in [6, 6.07) is 9.97. The quantitative estimate of drug-likeness (QED) is 0.867. The van der Waals surface area contributed by atoms with Crippen molar-refractivity contribution >= 4 is 23.2 Å². The molecule has 5 nitrogen and oxygen atoms in total. The van der Waals surface area contributed by atoms with Gasteiger partial charge in [0.15, 0.2) is 0 Å². The van der Waals surface area contributed by atoms with E-state index < -0.39 is 23.5 Å². The first-order valence-electron chi connectivity index (χ1n) is 8.66. The summed E-state index contributed by atoms with van der Waals surface area (Å²) in [4.78, 5) is 26.2. The fourth-order valence-corrected chi connectivity index (χ4v) is 2.94. The number of carbonyl (C=O) groups is 2. The molecular weight excluding hydrogens is 354 g/mol. The normalized spacial score (nSPS) is 16.7. The molecule has 0 aromatic heterocycles. The first-order chi connectivity index (χ1) is 12.8. The molecule has 142 valence electrons. The van der Waals surface area contributed by atoms with Crippen LogP contribution in [0.2, 0.25) is 0 Å². The molecule has 1 fully saturated rings. The molecule has 0 radical (unpaired) electrons. The number of rotatable bonds is 5. The Hall–Kier alpha value is -2.96. The molecule has 1 aliphatic rings. The topological polar surface area (TPSA) is 58.6 Å². The maximum absolute atomic E-state index is 13.7. The first kappa shape index (κ1) is 18.8. The highest BCUT2D eigenvalue weighted by Crippen LogP contribution is 2.28. The lowest BCUT2D eigenvalue weighted by atomic mass is 10.1. The number of amides is 2. The van der Waals surface area contributed by atoms with Crippen molar-refractivity contribution in [2.24, 2.45) is 5.92 Å². The summed E-state index contributed by atoms with van der Waals surface area (Å²) in [7, 11) is 0. The number of hydrogen-bond donors (Lipinski definition) is 1. The van der Waals surface area contributed by atoms with E-state index in [0.717, 1.165) is 12.1 Å². The summed E-state index contributed by atoms with van der Waals surface area (Å²) in [6.45, 7) is 4.04. The lowest BCUT2D eigenvalue weighted by Gasteiger charge is -2.18. The maximum atomic E-state index is 13.7. The number of carbonyl (C=O) groups excluding carboxylic acids is 2. The summed E-state index contributed by atoms with van der Waals surface area (Å²) >= 11 is 0. The van der Waals surface area contributed by atoms with Crippen molar-refractivity contribution in [1.29, 1.82) is 0 Å². The van der Waals surface area contributed by atoms with Gasteiger partial charge >= 0.3 is 0 Å². The number of halogens is 2. The SMILES string of the molecule is CC(C)Oc1ccc(N2CC(C(=O)Nc3ccc(F)cc3F)CC2=O)cc1. The van der Waals surface area contributed by atoms with Gasteiger partial charge in [-0.3, -0.25) is 9.59 Å². The lowest BCUT2D eigenvalue weighted by Crippen LogP contribution is -2.28. The van der Waals surface area contributed by atoms with Crippen molar-refractivity contribution in [3.05, 3.63) is 54.1 Å². The number of benzene rings is 2. The molecule has 0 bridgehead atoms. The van der Waals surface area contributed by atoms with Gasteiger partial charge in [0, 0.05) is 24.7 Å². The van der Waals surface area contributed by atoms with Gasteiger partial charge in [-0.25, -0.2) is 8.78 Å². The minimum atomic E-state index is -0.856. The minimum absolute atomic E-state index is 0.0267. The lowest BCUT2D eigenvalue weighted by molar-refractivity contribution is -0.122. The summed E-state index contributed by atoms with van der Waals surface area (Å²) in [6.07, 6.45) is 0.0722. The maximum Gasteiger partial charge on any atom is 0.229 e. The Kier molecular flexibility index (Phi) is 5.39. The third-order valence-corrected chi connectivity index (χ3v) is 4.21. The van der Waals surface area contributed by atoms with E-state index >= 15 is 0 Å². The van der Waals surface area contributed by atoms with Gasteiger partial charge in [-0.2, -0.15) is 0 Å². The van der Waals surface area contributed by atoms with E-state index in [2.05, 4.69) is 5.32 Å². The molecule has 3 rings (SSSR count). The Labute approximate surface area is 155 Å². The van der Waals surface area contributed by atoms with E-state index in [4.69, 9.17) is 4.74 Å². The molecule has 1 atom stereocenters. The molecule has 1 saturated heterocycles. The van der Waals surface area contributed by atoms with E-state index in [1.165, 1.54) is 4.90 Å². The van der Waals surface area contributed by atoms with E-state index in [1.54, 1.807) is 24.3 Å². The van der Waals surface area contributed by atoms with Crippen LogP contribution in [-0.4, -0.2) is 24.5 Å². The fourth-order valence-electron chi connectivity index (χ4n) is 2.94. The molecule has 1 N–H and O–H groups in total. The minimum Gasteiger partial charge on any atom is -0.491 e. The van der Waals surface area contributed by atoms with Crippen LogP contribution in [0.15, 0.2) is 42.5 Å². The van der Waals surface area contributed by atoms with E-state index in [0.29, 0.717) is 17.5 Å². The van der Waals surface area contributed by atoms with Crippen molar-refractivity contribution in [2.75, 3.05) is 16.8 Å². The largest absolute Gasteiger partial charge is 0.491 e. The average Bonchev–Trinajstić information content (AvgIpc) is 2.99. The second-order valence-electron chi connectivity index (χ2n) is 6.68. The zero-order chi connectivity index (χ0) is 19.6. The molecule has 1 unspecified atom stereocenters. The molecule has 7 heteroatoms. The summed E-state index contributed by atoms with van der Waals surface area (Å²) in [5.74, 6) is -2.17. The zero-order valence-corrected chi connectivity index (χ0v) is 15.0. The third kappa shape index (κ3) is 4.42. The van der Waals surface area contributed by atoms with Gasteiger partial charge in [-0.1, -0.05) is 0 Å². The number of ether oxygens (including phenoxy) is 1. The molecule has 2 aromatic carbocycles. The van der Waals surface area contributed by atoms with Crippen molar-refractivity contribution in [3.63, 3.8) is 0 Å². The van der Waals surface area contributed by atoms with E-state index in [1.807, 2.05) is 13.8 Å². The number of anilines is 2. The highest BCUT2D eigenvalue weighted by Gasteiger charge is 2.35. The van der Waals surface area contributed by atoms with Crippen LogP contribution >= 0.6 is 0 Å². The van der Waals surface area contributed by atoms with Gasteiger partial charge in [-0.15, -0.1) is 0 Å². The van der Waals surface area contributed by atoms with Crippen molar-refractivity contribution < 1.29 is 23.1 Å². The second-order valence-corrected chi connectivity index (χ2v) is 6.68. The second kappa shape index (κ2) is 7.73. The highest BCUT2D eigenvalue weighted by molar-refractivity contribution is 6.03. The monoisotopic (exact) mass is 374 g/mol. The van der Waals surface area contributed by atoms with Gasteiger partial charge < -0.3 is 15.0 Å². The van der Waals surface area contributed by atoms with E-state index in [9.17, 15) is 18.4 Å². The molecule has 0 aliphatic carbocycles. The Bertz CT molecular complexity index is 853. The Morgan fingerprint density at radius 1 is 1.19 bits per heavy atom. The summed E-state index contributed by atoms with van der Waals surface area (Å²) in [5.41, 5.74) is 0.557. The van der Waals surface area contributed by atoms with Crippen LogP contribution in [-0.2, 0) is 9.59 Å². The van der Waals surface area contributed by atoms with Gasteiger partial charge in [0.25, 0.3) is 0 Å². The molecule has 0 saturated carbocycles. The fraction of sp³-hybridized carbons (Fsp3) is 0.300. The average molecular weight is 374 g/mol. The molecule has 1 heterocycles. The Morgan fingerprint density at radius 2 is 1.89 bits per heavy atom. The molecule has 2 aromatic rings. The summed E-state index contributed by atoms with van der Waals surface area (Å²) in [5, 5.41) is 2.42. The standard InChI is InChI=1S/C20H20F2N2O3/c1-12(2)27-16-6-4-15(5-7-16)24-11-13(9-19(24)25)20(26)23-18-8-3-14(21)10-17(18)22/h3-8,10,12-13H,9,11H2,1-2H3,(H,23,26). The van der Waals surface area contributed by atoms with Gasteiger partial charge in [0.1, 0.15) is 17.4 Å². The number of hydrogen-bond acceptors (Lipinski definition) is 3. The molecule has 0 spiro atoms. The van der Waals surface area contributed by atoms with Crippen molar-refractivity contribution in [1.82, 2.24) is 0 Å². The van der Waals surface area contributed by atoms with Crippen LogP contribution in [0, 0.1) is 17.6 Å². The molecule has 27 heavy (non-hydrogen) atoms. The summed E-state index contributed by atoms with van der Waals surface area (Å²) < 4.78 is 32.2. The van der Waals surface area contributed by atoms with Crippen LogP contribution in [0.3, 0.4) is 0 Å². The van der Waals surface area contributed by atoms with Gasteiger partial charge in [0.05, 0.1) is 17.7 Å². The van der Waals surface area contributed by atoms with E-state index in [-0.39, 0.29) is 30.7 Å². The number of nitrogens with one attached hydrogen (secondary N) is 1.